The minimum Gasteiger partial charge on any atom is -0.480 e. The van der Waals surface area contributed by atoms with E-state index in [2.05, 4.69) is 0 Å². The number of amides is 1. The van der Waals surface area contributed by atoms with E-state index < -0.39 is 18.1 Å². The number of carbonyl (C=O) groups is 2. The van der Waals surface area contributed by atoms with E-state index in [-0.39, 0.29) is 13.2 Å². The quantitative estimate of drug-likeness (QED) is 0.859. The van der Waals surface area contributed by atoms with E-state index in [1.807, 2.05) is 31.2 Å². The summed E-state index contributed by atoms with van der Waals surface area (Å²) in [5.74, 6) is -1.04. The Morgan fingerprint density at radius 1 is 1.59 bits per heavy atom. The molecule has 1 aliphatic heterocycles. The van der Waals surface area contributed by atoms with E-state index in [9.17, 15) is 9.59 Å². The molecule has 1 unspecified atom stereocenters. The van der Waals surface area contributed by atoms with Crippen LogP contribution in [0, 0.1) is 6.92 Å². The lowest BCUT2D eigenvalue weighted by molar-refractivity contribution is -0.141. The van der Waals surface area contributed by atoms with E-state index in [1.54, 1.807) is 0 Å². The van der Waals surface area contributed by atoms with Crippen LogP contribution in [0.4, 0.5) is 4.79 Å². The number of nitrogens with zero attached hydrogens (tertiary/aromatic N) is 1. The van der Waals surface area contributed by atoms with E-state index >= 15 is 0 Å². The first-order valence-electron chi connectivity index (χ1n) is 5.29. The Labute approximate surface area is 98.6 Å². The zero-order chi connectivity index (χ0) is 12.4. The second-order valence-electron chi connectivity index (χ2n) is 4.05. The fourth-order valence-corrected chi connectivity index (χ4v) is 1.84. The highest BCUT2D eigenvalue weighted by molar-refractivity contribution is 5.82. The Morgan fingerprint density at radius 3 is 3.00 bits per heavy atom. The third-order valence-electron chi connectivity index (χ3n) is 2.70. The molecule has 1 aliphatic rings. The predicted molar refractivity (Wildman–Crippen MR) is 59.5 cm³/mol. The van der Waals surface area contributed by atoms with Crippen molar-refractivity contribution < 1.29 is 19.4 Å². The zero-order valence-corrected chi connectivity index (χ0v) is 9.42. The molecular formula is C12H13NO4. The molecule has 0 saturated carbocycles. The topological polar surface area (TPSA) is 66.8 Å². The maximum atomic E-state index is 11.4. The average molecular weight is 235 g/mol. The second-order valence-corrected chi connectivity index (χ2v) is 4.05. The third-order valence-corrected chi connectivity index (χ3v) is 2.70. The molecule has 1 amide bonds. The molecule has 1 heterocycles. The van der Waals surface area contributed by atoms with Crippen LogP contribution in [0.5, 0.6) is 0 Å². The molecule has 1 atom stereocenters. The number of rotatable bonds is 3. The maximum absolute atomic E-state index is 11.4. The molecule has 5 heteroatoms. The first-order chi connectivity index (χ1) is 8.08. The van der Waals surface area contributed by atoms with Crippen LogP contribution >= 0.6 is 0 Å². The molecule has 1 aromatic rings. The Hall–Kier alpha value is -2.04. The predicted octanol–water partition coefficient (Wildman–Crippen LogP) is 1.40. The van der Waals surface area contributed by atoms with Crippen molar-refractivity contribution in [3.8, 4) is 0 Å². The van der Waals surface area contributed by atoms with Crippen molar-refractivity contribution in [2.24, 2.45) is 0 Å². The van der Waals surface area contributed by atoms with Gasteiger partial charge in [0, 0.05) is 0 Å². The first-order valence-corrected chi connectivity index (χ1v) is 5.29. The van der Waals surface area contributed by atoms with Gasteiger partial charge in [-0.15, -0.1) is 0 Å². The van der Waals surface area contributed by atoms with Crippen LogP contribution in [0.25, 0.3) is 0 Å². The number of benzene rings is 1. The molecule has 1 fully saturated rings. The lowest BCUT2D eigenvalue weighted by Crippen LogP contribution is -2.38. The molecule has 1 saturated heterocycles. The Bertz CT molecular complexity index is 458. The highest BCUT2D eigenvalue weighted by atomic mass is 16.6. The lowest BCUT2D eigenvalue weighted by atomic mass is 10.1. The van der Waals surface area contributed by atoms with Gasteiger partial charge in [0.15, 0.2) is 6.04 Å². The van der Waals surface area contributed by atoms with Gasteiger partial charge in [-0.1, -0.05) is 29.8 Å². The van der Waals surface area contributed by atoms with Gasteiger partial charge in [-0.3, -0.25) is 4.90 Å². The summed E-state index contributed by atoms with van der Waals surface area (Å²) in [6.45, 7) is 2.12. The number of hydrogen-bond acceptors (Lipinski definition) is 3. The number of aliphatic carboxylic acids is 1. The lowest BCUT2D eigenvalue weighted by Gasteiger charge is -2.18. The maximum Gasteiger partial charge on any atom is 0.411 e. The number of hydrogen-bond donors (Lipinski definition) is 1. The third kappa shape index (κ3) is 2.38. The molecule has 0 aromatic heterocycles. The molecule has 1 N–H and O–H groups in total. The SMILES string of the molecule is Cc1cccc(CN2C(=O)OCC2C(=O)O)c1. The number of cyclic esters (lactones) is 1. The van der Waals surface area contributed by atoms with Gasteiger partial charge in [0.2, 0.25) is 0 Å². The van der Waals surface area contributed by atoms with Crippen LogP contribution in [0.2, 0.25) is 0 Å². The molecule has 5 nitrogen and oxygen atoms in total. The van der Waals surface area contributed by atoms with Gasteiger partial charge in [0.05, 0.1) is 6.54 Å². The van der Waals surface area contributed by atoms with Crippen molar-refractivity contribution in [1.29, 1.82) is 0 Å². The Morgan fingerprint density at radius 2 is 2.35 bits per heavy atom. The van der Waals surface area contributed by atoms with Crippen molar-refractivity contribution in [2.75, 3.05) is 6.61 Å². The number of carboxylic acid groups (broad SMARTS) is 1. The summed E-state index contributed by atoms with van der Waals surface area (Å²) in [6.07, 6.45) is -0.570. The van der Waals surface area contributed by atoms with Crippen LogP contribution in [0.3, 0.4) is 0 Å². The van der Waals surface area contributed by atoms with E-state index in [0.717, 1.165) is 11.1 Å². The molecule has 2 rings (SSSR count). The van der Waals surface area contributed by atoms with Crippen molar-refractivity contribution in [1.82, 2.24) is 4.90 Å². The summed E-state index contributed by atoms with van der Waals surface area (Å²) in [5.41, 5.74) is 1.97. The van der Waals surface area contributed by atoms with Gasteiger partial charge in [-0.05, 0) is 12.5 Å². The molecule has 17 heavy (non-hydrogen) atoms. The van der Waals surface area contributed by atoms with Gasteiger partial charge in [0.25, 0.3) is 0 Å². The largest absolute Gasteiger partial charge is 0.480 e. The van der Waals surface area contributed by atoms with Crippen LogP contribution in [-0.4, -0.2) is 34.7 Å². The van der Waals surface area contributed by atoms with Gasteiger partial charge in [-0.2, -0.15) is 0 Å². The molecular weight excluding hydrogens is 222 g/mol. The van der Waals surface area contributed by atoms with Gasteiger partial charge < -0.3 is 9.84 Å². The fraction of sp³-hybridized carbons (Fsp3) is 0.333. The number of aryl methyl sites for hydroxylation is 1. The van der Waals surface area contributed by atoms with E-state index in [1.165, 1.54) is 4.90 Å². The van der Waals surface area contributed by atoms with Gasteiger partial charge in [-0.25, -0.2) is 9.59 Å². The highest BCUT2D eigenvalue weighted by Crippen LogP contribution is 2.17. The van der Waals surface area contributed by atoms with Gasteiger partial charge >= 0.3 is 12.1 Å². The fourth-order valence-electron chi connectivity index (χ4n) is 1.84. The van der Waals surface area contributed by atoms with E-state index in [4.69, 9.17) is 9.84 Å². The smallest absolute Gasteiger partial charge is 0.411 e. The number of ether oxygens (including phenoxy) is 1. The van der Waals surface area contributed by atoms with Crippen LogP contribution < -0.4 is 0 Å². The standard InChI is InChI=1S/C12H13NO4/c1-8-3-2-4-9(5-8)6-13-10(11(14)15)7-17-12(13)16/h2-5,10H,6-7H2,1H3,(H,14,15). The molecule has 1 aromatic carbocycles. The van der Waals surface area contributed by atoms with Crippen molar-refractivity contribution >= 4 is 12.1 Å². The molecule has 0 aliphatic carbocycles. The molecule has 0 spiro atoms. The summed E-state index contributed by atoms with van der Waals surface area (Å²) in [4.78, 5) is 23.6. The molecule has 90 valence electrons. The summed E-state index contributed by atoms with van der Waals surface area (Å²) in [6, 6.07) is 6.72. The van der Waals surface area contributed by atoms with Crippen molar-refractivity contribution in [3.63, 3.8) is 0 Å². The van der Waals surface area contributed by atoms with Crippen molar-refractivity contribution in [2.45, 2.75) is 19.5 Å². The Balaban J connectivity index is 2.16. The van der Waals surface area contributed by atoms with Gasteiger partial charge in [0.1, 0.15) is 6.61 Å². The molecule has 0 radical (unpaired) electrons. The summed E-state index contributed by atoms with van der Waals surface area (Å²) in [5, 5.41) is 8.96. The minimum absolute atomic E-state index is 0.0834. The zero-order valence-electron chi connectivity index (χ0n) is 9.42. The summed E-state index contributed by atoms with van der Waals surface area (Å²) in [7, 11) is 0. The minimum atomic E-state index is -1.04. The average Bonchev–Trinajstić information content (AvgIpc) is 2.61. The Kier molecular flexibility index (Phi) is 2.99. The number of carbonyl (C=O) groups excluding carboxylic acids is 1. The monoisotopic (exact) mass is 235 g/mol. The summed E-state index contributed by atoms with van der Waals surface area (Å²) >= 11 is 0. The highest BCUT2D eigenvalue weighted by Gasteiger charge is 2.37. The van der Waals surface area contributed by atoms with Crippen molar-refractivity contribution in [3.05, 3.63) is 35.4 Å². The number of carboxylic acids is 1. The normalized spacial score (nSPS) is 19.2. The van der Waals surface area contributed by atoms with Crippen LogP contribution in [0.1, 0.15) is 11.1 Å². The summed E-state index contributed by atoms with van der Waals surface area (Å²) < 4.78 is 4.75. The van der Waals surface area contributed by atoms with Crippen LogP contribution in [-0.2, 0) is 16.1 Å². The molecule has 0 bridgehead atoms. The van der Waals surface area contributed by atoms with E-state index in [0.29, 0.717) is 0 Å². The second kappa shape index (κ2) is 4.45. The van der Waals surface area contributed by atoms with Crippen LogP contribution in [0.15, 0.2) is 24.3 Å². The first kappa shape index (κ1) is 11.4.